The van der Waals surface area contributed by atoms with Crippen LogP contribution in [-0.2, 0) is 9.53 Å². The molecule has 2 heterocycles. The summed E-state index contributed by atoms with van der Waals surface area (Å²) in [6.45, 7) is 8.64. The maximum absolute atomic E-state index is 12.5. The lowest BCUT2D eigenvalue weighted by Crippen LogP contribution is -2.41. The van der Waals surface area contributed by atoms with Gasteiger partial charge in [0, 0.05) is 11.9 Å². The third-order valence-corrected chi connectivity index (χ3v) is 4.24. The highest BCUT2D eigenvalue weighted by Gasteiger charge is 2.38. The zero-order valence-corrected chi connectivity index (χ0v) is 12.2. The number of rotatable bonds is 3. The smallest absolute Gasteiger partial charge is 0.258 e. The van der Waals surface area contributed by atoms with Crippen LogP contribution in [0.4, 0.5) is 5.13 Å². The van der Waals surface area contributed by atoms with Crippen LogP contribution in [0.2, 0.25) is 0 Å². The average Bonchev–Trinajstić information content (AvgIpc) is 2.86. The van der Waals surface area contributed by atoms with Crippen molar-refractivity contribution in [3.8, 4) is 0 Å². The molecule has 0 radical (unpaired) electrons. The summed E-state index contributed by atoms with van der Waals surface area (Å²) in [4.78, 5) is 18.6. The molecule has 5 heteroatoms. The molecule has 2 rings (SSSR count). The van der Waals surface area contributed by atoms with Crippen LogP contribution < -0.4 is 4.90 Å². The summed E-state index contributed by atoms with van der Waals surface area (Å²) in [6, 6.07) is 0. The first-order valence-electron chi connectivity index (χ1n) is 6.41. The molecule has 0 saturated carbocycles. The molecule has 3 unspecified atom stereocenters. The Morgan fingerprint density at radius 1 is 1.61 bits per heavy atom. The fourth-order valence-electron chi connectivity index (χ4n) is 2.39. The van der Waals surface area contributed by atoms with Crippen molar-refractivity contribution in [2.24, 2.45) is 5.92 Å². The summed E-state index contributed by atoms with van der Waals surface area (Å²) in [5.74, 6) is 0.325. The molecule has 0 bridgehead atoms. The second-order valence-corrected chi connectivity index (χ2v) is 5.77. The van der Waals surface area contributed by atoms with E-state index in [0.29, 0.717) is 6.54 Å². The summed E-state index contributed by atoms with van der Waals surface area (Å²) in [6.07, 6.45) is 0.806. The highest BCUT2D eigenvalue weighted by molar-refractivity contribution is 7.14. The lowest BCUT2D eigenvalue weighted by molar-refractivity contribution is -0.130. The molecule has 1 aliphatic heterocycles. The molecule has 1 aromatic heterocycles. The molecule has 1 fully saturated rings. The Bertz CT molecular complexity index is 432. The quantitative estimate of drug-likeness (QED) is 0.846. The predicted octanol–water partition coefficient (Wildman–Crippen LogP) is 2.62. The number of likely N-dealkylation sites (N-methyl/N-ethyl adjacent to an activating group) is 1. The number of aromatic nitrogens is 1. The van der Waals surface area contributed by atoms with E-state index < -0.39 is 0 Å². The summed E-state index contributed by atoms with van der Waals surface area (Å²) < 4.78 is 5.73. The van der Waals surface area contributed by atoms with Gasteiger partial charge in [-0.05, 0) is 33.1 Å². The van der Waals surface area contributed by atoms with Crippen molar-refractivity contribution in [1.82, 2.24) is 4.98 Å². The lowest BCUT2D eigenvalue weighted by Gasteiger charge is -2.23. The van der Waals surface area contributed by atoms with Gasteiger partial charge in [-0.15, -0.1) is 11.3 Å². The number of thiazole rings is 1. The Kier molecular flexibility index (Phi) is 4.02. The minimum atomic E-state index is -0.316. The minimum absolute atomic E-state index is 0.0451. The Morgan fingerprint density at radius 3 is 2.78 bits per heavy atom. The Labute approximate surface area is 112 Å². The molecule has 1 aromatic rings. The maximum Gasteiger partial charge on any atom is 0.258 e. The Balaban J connectivity index is 2.15. The van der Waals surface area contributed by atoms with Gasteiger partial charge >= 0.3 is 0 Å². The third-order valence-electron chi connectivity index (χ3n) is 3.26. The largest absolute Gasteiger partial charge is 0.365 e. The number of hydrogen-bond donors (Lipinski definition) is 0. The van der Waals surface area contributed by atoms with Crippen molar-refractivity contribution in [2.75, 3.05) is 11.4 Å². The molecular formula is C13H20N2O2S. The molecule has 0 N–H and O–H groups in total. The van der Waals surface area contributed by atoms with Gasteiger partial charge in [-0.3, -0.25) is 9.69 Å². The maximum atomic E-state index is 12.5. The van der Waals surface area contributed by atoms with Crippen LogP contribution in [0.5, 0.6) is 0 Å². The van der Waals surface area contributed by atoms with Gasteiger partial charge in [-0.2, -0.15) is 0 Å². The number of nitrogens with zero attached hydrogens (tertiary/aromatic N) is 2. The first kappa shape index (κ1) is 13.5. The van der Waals surface area contributed by atoms with Gasteiger partial charge in [0.1, 0.15) is 6.10 Å². The highest BCUT2D eigenvalue weighted by atomic mass is 32.1. The number of hydrogen-bond acceptors (Lipinski definition) is 4. The molecule has 0 aromatic carbocycles. The van der Waals surface area contributed by atoms with Crippen LogP contribution >= 0.6 is 11.3 Å². The van der Waals surface area contributed by atoms with E-state index in [9.17, 15) is 4.79 Å². The normalized spacial score (nSPS) is 27.4. The second kappa shape index (κ2) is 5.36. The molecule has 4 nitrogen and oxygen atoms in total. The van der Waals surface area contributed by atoms with Gasteiger partial charge in [-0.25, -0.2) is 4.98 Å². The minimum Gasteiger partial charge on any atom is -0.365 e. The predicted molar refractivity (Wildman–Crippen MR) is 73.0 cm³/mol. The van der Waals surface area contributed by atoms with E-state index in [1.165, 1.54) is 11.3 Å². The standard InChI is InChI=1S/C13H20N2O2S/c1-5-15(13-14-9(3)7-18-13)12(16)11-8(2)6-10(4)17-11/h7-8,10-11H,5-6H2,1-4H3. The summed E-state index contributed by atoms with van der Waals surface area (Å²) >= 11 is 1.51. The van der Waals surface area contributed by atoms with E-state index in [0.717, 1.165) is 17.2 Å². The fourth-order valence-corrected chi connectivity index (χ4v) is 3.26. The van der Waals surface area contributed by atoms with Crippen molar-refractivity contribution in [1.29, 1.82) is 0 Å². The van der Waals surface area contributed by atoms with Crippen molar-refractivity contribution in [3.05, 3.63) is 11.1 Å². The number of carbonyl (C=O) groups is 1. The van der Waals surface area contributed by atoms with E-state index in [4.69, 9.17) is 4.74 Å². The number of carbonyl (C=O) groups excluding carboxylic acids is 1. The molecule has 0 spiro atoms. The molecule has 100 valence electrons. The van der Waals surface area contributed by atoms with E-state index in [2.05, 4.69) is 11.9 Å². The molecule has 0 aliphatic carbocycles. The molecule has 1 amide bonds. The highest BCUT2D eigenvalue weighted by Crippen LogP contribution is 2.29. The van der Waals surface area contributed by atoms with Crippen LogP contribution in [0, 0.1) is 12.8 Å². The van der Waals surface area contributed by atoms with Gasteiger partial charge in [0.05, 0.1) is 11.8 Å². The molecule has 3 atom stereocenters. The summed E-state index contributed by atoms with van der Waals surface area (Å²) in [5, 5.41) is 2.74. The van der Waals surface area contributed by atoms with E-state index in [-0.39, 0.29) is 24.0 Å². The topological polar surface area (TPSA) is 42.4 Å². The number of amides is 1. The van der Waals surface area contributed by atoms with Crippen molar-refractivity contribution in [3.63, 3.8) is 0 Å². The number of aryl methyl sites for hydroxylation is 1. The van der Waals surface area contributed by atoms with Gasteiger partial charge in [-0.1, -0.05) is 6.92 Å². The first-order valence-corrected chi connectivity index (χ1v) is 7.29. The zero-order valence-electron chi connectivity index (χ0n) is 11.3. The third kappa shape index (κ3) is 2.57. The van der Waals surface area contributed by atoms with Gasteiger partial charge < -0.3 is 4.74 Å². The SMILES string of the molecule is CCN(C(=O)C1OC(C)CC1C)c1nc(C)cs1. The van der Waals surface area contributed by atoms with Crippen LogP contribution in [0.25, 0.3) is 0 Å². The Morgan fingerprint density at radius 2 is 2.33 bits per heavy atom. The van der Waals surface area contributed by atoms with Crippen molar-refractivity contribution >= 4 is 22.4 Å². The molecule has 1 aliphatic rings. The van der Waals surface area contributed by atoms with Crippen LogP contribution in [0.1, 0.15) is 32.9 Å². The summed E-state index contributed by atoms with van der Waals surface area (Å²) in [7, 11) is 0. The van der Waals surface area contributed by atoms with E-state index in [1.807, 2.05) is 26.2 Å². The zero-order chi connectivity index (χ0) is 13.3. The Hall–Kier alpha value is -0.940. The first-order chi connectivity index (χ1) is 8.52. The van der Waals surface area contributed by atoms with Crippen LogP contribution in [0.3, 0.4) is 0 Å². The van der Waals surface area contributed by atoms with Gasteiger partial charge in [0.2, 0.25) is 0 Å². The molecular weight excluding hydrogens is 248 g/mol. The monoisotopic (exact) mass is 268 g/mol. The molecule has 1 saturated heterocycles. The fraction of sp³-hybridized carbons (Fsp3) is 0.692. The average molecular weight is 268 g/mol. The lowest BCUT2D eigenvalue weighted by atomic mass is 10.0. The van der Waals surface area contributed by atoms with Crippen molar-refractivity contribution < 1.29 is 9.53 Å². The van der Waals surface area contributed by atoms with Crippen molar-refractivity contribution in [2.45, 2.75) is 46.3 Å². The summed E-state index contributed by atoms with van der Waals surface area (Å²) in [5.41, 5.74) is 0.954. The number of anilines is 1. The second-order valence-electron chi connectivity index (χ2n) is 4.93. The van der Waals surface area contributed by atoms with Crippen LogP contribution in [-0.4, -0.2) is 29.6 Å². The van der Waals surface area contributed by atoms with Gasteiger partial charge in [0.25, 0.3) is 5.91 Å². The van der Waals surface area contributed by atoms with Crippen LogP contribution in [0.15, 0.2) is 5.38 Å². The van der Waals surface area contributed by atoms with E-state index >= 15 is 0 Å². The van der Waals surface area contributed by atoms with E-state index in [1.54, 1.807) is 4.90 Å². The molecule has 18 heavy (non-hydrogen) atoms. The van der Waals surface area contributed by atoms with Gasteiger partial charge in [0.15, 0.2) is 5.13 Å². The number of ether oxygens (including phenoxy) is 1.